The maximum Gasteiger partial charge on any atom is 0.323 e. The van der Waals surface area contributed by atoms with Gasteiger partial charge in [-0.3, -0.25) is 14.4 Å². The van der Waals surface area contributed by atoms with Gasteiger partial charge in [0.2, 0.25) is 0 Å². The Labute approximate surface area is 141 Å². The van der Waals surface area contributed by atoms with Gasteiger partial charge in [-0.2, -0.15) is 0 Å². The minimum Gasteiger partial charge on any atom is -0.469 e. The fraction of sp³-hybridized carbons (Fsp3) is 0.500. The summed E-state index contributed by atoms with van der Waals surface area (Å²) in [5.74, 6) is -2.03. The van der Waals surface area contributed by atoms with Crippen molar-refractivity contribution in [3.63, 3.8) is 0 Å². The van der Waals surface area contributed by atoms with Crippen LogP contribution in [0.5, 0.6) is 0 Å². The van der Waals surface area contributed by atoms with Crippen LogP contribution in [0.3, 0.4) is 0 Å². The van der Waals surface area contributed by atoms with Crippen LogP contribution in [0.1, 0.15) is 25.7 Å². The van der Waals surface area contributed by atoms with Gasteiger partial charge in [0.25, 0.3) is 0 Å². The Bertz CT molecular complexity index is 638. The van der Waals surface area contributed by atoms with E-state index in [9.17, 15) is 14.4 Å². The molecule has 2 aliphatic carbocycles. The first-order valence-corrected chi connectivity index (χ1v) is 7.66. The number of hydrogen-bond acceptors (Lipinski definition) is 6. The van der Waals surface area contributed by atoms with Crippen LogP contribution < -0.4 is 0 Å². The molecule has 0 spiro atoms. The molecule has 0 saturated carbocycles. The molecule has 2 rings (SSSR count). The second-order valence-electron chi connectivity index (χ2n) is 6.14. The van der Waals surface area contributed by atoms with Crippen molar-refractivity contribution in [2.75, 3.05) is 21.3 Å². The molecule has 0 saturated heterocycles. The number of methoxy groups -OCH3 is 3. The number of allylic oxidation sites excluding steroid dienone is 3. The Morgan fingerprint density at radius 1 is 1.00 bits per heavy atom. The quantitative estimate of drug-likeness (QED) is 0.447. The molecule has 1 unspecified atom stereocenters. The van der Waals surface area contributed by atoms with Crippen LogP contribution in [-0.2, 0) is 28.6 Å². The van der Waals surface area contributed by atoms with E-state index in [1.54, 1.807) is 0 Å². The topological polar surface area (TPSA) is 78.9 Å². The molecule has 0 heterocycles. The summed E-state index contributed by atoms with van der Waals surface area (Å²) in [7, 11) is 3.83. The second kappa shape index (κ2) is 6.63. The van der Waals surface area contributed by atoms with Gasteiger partial charge in [-0.05, 0) is 42.4 Å². The van der Waals surface area contributed by atoms with Crippen LogP contribution in [0.4, 0.5) is 0 Å². The van der Waals surface area contributed by atoms with Crippen LogP contribution in [0.15, 0.2) is 35.5 Å². The molecule has 130 valence electrons. The third-order valence-electron chi connectivity index (χ3n) is 4.85. The van der Waals surface area contributed by atoms with Gasteiger partial charge in [-0.15, -0.1) is 0 Å². The molecule has 0 N–H and O–H groups in total. The van der Waals surface area contributed by atoms with Crippen molar-refractivity contribution in [2.45, 2.75) is 25.7 Å². The predicted molar refractivity (Wildman–Crippen MR) is 85.7 cm³/mol. The smallest absolute Gasteiger partial charge is 0.323 e. The Morgan fingerprint density at radius 3 is 2.08 bits per heavy atom. The molecule has 24 heavy (non-hydrogen) atoms. The average molecular weight is 334 g/mol. The fourth-order valence-corrected chi connectivity index (χ4v) is 3.72. The van der Waals surface area contributed by atoms with Crippen LogP contribution in [0.2, 0.25) is 0 Å². The summed E-state index contributed by atoms with van der Waals surface area (Å²) in [6.45, 7) is 8.04. The number of hydrogen-bond donors (Lipinski definition) is 0. The zero-order valence-electron chi connectivity index (χ0n) is 14.3. The van der Waals surface area contributed by atoms with Crippen molar-refractivity contribution in [2.24, 2.45) is 11.3 Å². The highest BCUT2D eigenvalue weighted by Gasteiger charge is 2.53. The number of ether oxygens (including phenoxy) is 3. The van der Waals surface area contributed by atoms with E-state index < -0.39 is 23.3 Å². The molecule has 0 bridgehead atoms. The third-order valence-corrected chi connectivity index (χ3v) is 4.85. The SMILES string of the molecule is C=C1CC(C(=O)OC)(C(=O)OC)CC2=C1C(=C)C(C(=O)OC)CC2. The first-order chi connectivity index (χ1) is 11.3. The lowest BCUT2D eigenvalue weighted by Crippen LogP contribution is -2.45. The van der Waals surface area contributed by atoms with Crippen LogP contribution in [0, 0.1) is 11.3 Å². The van der Waals surface area contributed by atoms with Crippen LogP contribution >= 0.6 is 0 Å². The van der Waals surface area contributed by atoms with E-state index in [4.69, 9.17) is 14.2 Å². The van der Waals surface area contributed by atoms with E-state index in [0.29, 0.717) is 24.0 Å². The first-order valence-electron chi connectivity index (χ1n) is 7.66. The molecule has 0 fully saturated rings. The number of esters is 3. The summed E-state index contributed by atoms with van der Waals surface area (Å²) >= 11 is 0. The fourth-order valence-electron chi connectivity index (χ4n) is 3.72. The van der Waals surface area contributed by atoms with E-state index in [2.05, 4.69) is 13.2 Å². The molecule has 0 aromatic carbocycles. The van der Waals surface area contributed by atoms with E-state index in [1.807, 2.05) is 0 Å². The van der Waals surface area contributed by atoms with E-state index in [-0.39, 0.29) is 18.8 Å². The molecule has 0 amide bonds. The van der Waals surface area contributed by atoms with E-state index in [1.165, 1.54) is 21.3 Å². The molecule has 6 heteroatoms. The van der Waals surface area contributed by atoms with Gasteiger partial charge < -0.3 is 14.2 Å². The van der Waals surface area contributed by atoms with Gasteiger partial charge in [-0.25, -0.2) is 0 Å². The second-order valence-corrected chi connectivity index (χ2v) is 6.14. The van der Waals surface area contributed by atoms with Gasteiger partial charge in [0.05, 0.1) is 27.2 Å². The molecule has 2 aliphatic rings. The van der Waals surface area contributed by atoms with Crippen LogP contribution in [0.25, 0.3) is 0 Å². The van der Waals surface area contributed by atoms with Crippen molar-refractivity contribution in [3.8, 4) is 0 Å². The Hall–Kier alpha value is -2.37. The summed E-state index contributed by atoms with van der Waals surface area (Å²) in [5.41, 5.74) is 1.48. The minimum absolute atomic E-state index is 0.0814. The number of carbonyl (C=O) groups is 3. The van der Waals surface area contributed by atoms with Crippen molar-refractivity contribution in [3.05, 3.63) is 35.5 Å². The van der Waals surface area contributed by atoms with Crippen molar-refractivity contribution in [1.82, 2.24) is 0 Å². The van der Waals surface area contributed by atoms with Gasteiger partial charge in [0, 0.05) is 0 Å². The van der Waals surface area contributed by atoms with Gasteiger partial charge in [-0.1, -0.05) is 18.7 Å². The summed E-state index contributed by atoms with van der Waals surface area (Å²) in [4.78, 5) is 36.6. The zero-order valence-corrected chi connectivity index (χ0v) is 14.3. The maximum atomic E-state index is 12.3. The van der Waals surface area contributed by atoms with Crippen LogP contribution in [-0.4, -0.2) is 39.2 Å². The molecule has 1 atom stereocenters. The lowest BCUT2D eigenvalue weighted by molar-refractivity contribution is -0.169. The highest BCUT2D eigenvalue weighted by atomic mass is 16.5. The predicted octanol–water partition coefficient (Wildman–Crippen LogP) is 2.10. The Morgan fingerprint density at radius 2 is 1.58 bits per heavy atom. The lowest BCUT2D eigenvalue weighted by atomic mass is 9.64. The summed E-state index contributed by atoms with van der Waals surface area (Å²) < 4.78 is 14.5. The number of rotatable bonds is 3. The van der Waals surface area contributed by atoms with Crippen molar-refractivity contribution < 1.29 is 28.6 Å². The lowest BCUT2D eigenvalue weighted by Gasteiger charge is -2.39. The number of carbonyl (C=O) groups excluding carboxylic acids is 3. The van der Waals surface area contributed by atoms with Crippen molar-refractivity contribution in [1.29, 1.82) is 0 Å². The van der Waals surface area contributed by atoms with Gasteiger partial charge in [0.15, 0.2) is 5.41 Å². The molecular formula is C18H22O6. The summed E-state index contributed by atoms with van der Waals surface area (Å²) in [6, 6.07) is 0. The molecule has 0 aromatic heterocycles. The van der Waals surface area contributed by atoms with E-state index >= 15 is 0 Å². The monoisotopic (exact) mass is 334 g/mol. The molecule has 0 aliphatic heterocycles. The molecule has 6 nitrogen and oxygen atoms in total. The van der Waals surface area contributed by atoms with Gasteiger partial charge in [0.1, 0.15) is 0 Å². The largest absolute Gasteiger partial charge is 0.469 e. The highest BCUT2D eigenvalue weighted by Crippen LogP contribution is 2.50. The minimum atomic E-state index is -1.42. The Balaban J connectivity index is 2.46. The zero-order chi connectivity index (χ0) is 18.1. The average Bonchev–Trinajstić information content (AvgIpc) is 2.59. The maximum absolute atomic E-state index is 12.3. The summed E-state index contributed by atoms with van der Waals surface area (Å²) in [6.07, 6.45) is 1.35. The normalized spacial score (nSPS) is 22.5. The van der Waals surface area contributed by atoms with E-state index in [0.717, 1.165) is 11.1 Å². The highest BCUT2D eigenvalue weighted by molar-refractivity contribution is 6.01. The summed E-state index contributed by atoms with van der Waals surface area (Å²) in [5, 5.41) is 0. The molecular weight excluding hydrogens is 312 g/mol. The third kappa shape index (κ3) is 2.66. The van der Waals surface area contributed by atoms with Gasteiger partial charge >= 0.3 is 17.9 Å². The standard InChI is InChI=1S/C18H22O6/c1-10-8-18(16(20)23-4,17(21)24-5)9-12-6-7-13(15(19)22-3)11(2)14(10)12/h13H,1-2,6-9H2,3-5H3. The first kappa shape index (κ1) is 18.0. The van der Waals surface area contributed by atoms with Crippen molar-refractivity contribution >= 4 is 17.9 Å². The molecule has 0 radical (unpaired) electrons. The Kier molecular flexibility index (Phi) is 4.96. The molecule has 0 aromatic rings.